The van der Waals surface area contributed by atoms with Crippen LogP contribution in [0.25, 0.3) is 0 Å². The molecule has 3 aromatic rings. The molecular formula is C25H27NO2. The third-order valence-electron chi connectivity index (χ3n) is 5.13. The number of ketones is 1. The average molecular weight is 373 g/mol. The van der Waals surface area contributed by atoms with Crippen molar-refractivity contribution in [3.8, 4) is 5.75 Å². The highest BCUT2D eigenvalue weighted by atomic mass is 16.5. The van der Waals surface area contributed by atoms with Gasteiger partial charge in [0.15, 0.2) is 5.78 Å². The molecule has 3 nitrogen and oxygen atoms in total. The Bertz CT molecular complexity index is 943. The number of rotatable bonds is 7. The summed E-state index contributed by atoms with van der Waals surface area (Å²) in [6, 6.07) is 21.8. The van der Waals surface area contributed by atoms with E-state index in [1.165, 1.54) is 11.1 Å². The molecule has 0 aliphatic heterocycles. The first kappa shape index (κ1) is 19.7. The van der Waals surface area contributed by atoms with Gasteiger partial charge in [0, 0.05) is 17.7 Å². The minimum Gasteiger partial charge on any atom is -0.497 e. The lowest BCUT2D eigenvalue weighted by Crippen LogP contribution is -2.16. The Morgan fingerprint density at radius 1 is 0.893 bits per heavy atom. The standard InChI is InChI=1S/C25H27NO2/c1-17-5-8-21(9-6-17)25(27)16-24(20-10-13-23(28-4)14-11-20)26-22-12-7-18(2)19(3)15-22/h5-15,24,26H,16H2,1-4H3. The highest BCUT2D eigenvalue weighted by molar-refractivity contribution is 5.96. The van der Waals surface area contributed by atoms with Gasteiger partial charge in [-0.05, 0) is 61.7 Å². The summed E-state index contributed by atoms with van der Waals surface area (Å²) in [6.07, 6.45) is 0.377. The van der Waals surface area contributed by atoms with Crippen molar-refractivity contribution in [3.63, 3.8) is 0 Å². The summed E-state index contributed by atoms with van der Waals surface area (Å²) in [5.74, 6) is 0.927. The average Bonchev–Trinajstić information content (AvgIpc) is 2.70. The Morgan fingerprint density at radius 2 is 1.57 bits per heavy atom. The molecule has 1 N–H and O–H groups in total. The smallest absolute Gasteiger partial charge is 0.165 e. The third kappa shape index (κ3) is 4.80. The maximum Gasteiger partial charge on any atom is 0.165 e. The zero-order chi connectivity index (χ0) is 20.1. The Hall–Kier alpha value is -3.07. The molecule has 0 aromatic heterocycles. The second-order valence-corrected chi connectivity index (χ2v) is 7.26. The zero-order valence-electron chi connectivity index (χ0n) is 17.0. The molecule has 0 heterocycles. The van der Waals surface area contributed by atoms with Gasteiger partial charge in [-0.3, -0.25) is 4.79 Å². The van der Waals surface area contributed by atoms with Crippen molar-refractivity contribution in [2.45, 2.75) is 33.2 Å². The minimum atomic E-state index is -0.123. The van der Waals surface area contributed by atoms with E-state index in [0.717, 1.165) is 28.1 Å². The second-order valence-electron chi connectivity index (χ2n) is 7.26. The first-order chi connectivity index (χ1) is 13.5. The van der Waals surface area contributed by atoms with Crippen LogP contribution in [-0.2, 0) is 0 Å². The maximum absolute atomic E-state index is 12.9. The minimum absolute atomic E-state index is 0.122. The van der Waals surface area contributed by atoms with Crippen LogP contribution in [0.3, 0.4) is 0 Å². The lowest BCUT2D eigenvalue weighted by molar-refractivity contribution is 0.0976. The molecule has 3 heteroatoms. The van der Waals surface area contributed by atoms with Crippen LogP contribution in [0, 0.1) is 20.8 Å². The van der Waals surface area contributed by atoms with Gasteiger partial charge < -0.3 is 10.1 Å². The quantitative estimate of drug-likeness (QED) is 0.513. The number of nitrogens with one attached hydrogen (secondary N) is 1. The van der Waals surface area contributed by atoms with Crippen molar-refractivity contribution >= 4 is 11.5 Å². The van der Waals surface area contributed by atoms with E-state index in [9.17, 15) is 4.79 Å². The number of hydrogen-bond donors (Lipinski definition) is 1. The number of anilines is 1. The molecule has 0 saturated carbocycles. The van der Waals surface area contributed by atoms with Gasteiger partial charge >= 0.3 is 0 Å². The number of carbonyl (C=O) groups excluding carboxylic acids is 1. The second kappa shape index (κ2) is 8.75. The largest absolute Gasteiger partial charge is 0.497 e. The van der Waals surface area contributed by atoms with Crippen molar-refractivity contribution in [1.82, 2.24) is 0 Å². The van der Waals surface area contributed by atoms with Crippen LogP contribution in [0.2, 0.25) is 0 Å². The first-order valence-corrected chi connectivity index (χ1v) is 9.54. The van der Waals surface area contributed by atoms with Gasteiger partial charge in [0.05, 0.1) is 13.2 Å². The summed E-state index contributed by atoms with van der Waals surface area (Å²) in [7, 11) is 1.65. The number of ether oxygens (including phenoxy) is 1. The fourth-order valence-corrected chi connectivity index (χ4v) is 3.16. The summed E-state index contributed by atoms with van der Waals surface area (Å²) >= 11 is 0. The van der Waals surface area contributed by atoms with E-state index in [4.69, 9.17) is 4.74 Å². The van der Waals surface area contributed by atoms with Crippen molar-refractivity contribution in [2.75, 3.05) is 12.4 Å². The van der Waals surface area contributed by atoms with Crippen LogP contribution in [-0.4, -0.2) is 12.9 Å². The van der Waals surface area contributed by atoms with Gasteiger partial charge in [0.1, 0.15) is 5.75 Å². The molecule has 3 aromatic carbocycles. The monoisotopic (exact) mass is 373 g/mol. The number of Topliss-reactive ketones (excluding diaryl/α,β-unsaturated/α-hetero) is 1. The molecule has 144 valence electrons. The number of benzene rings is 3. The number of aryl methyl sites for hydroxylation is 3. The fraction of sp³-hybridized carbons (Fsp3) is 0.240. The van der Waals surface area contributed by atoms with Crippen molar-refractivity contribution in [2.24, 2.45) is 0 Å². The summed E-state index contributed by atoms with van der Waals surface area (Å²) in [5.41, 5.74) is 6.44. The highest BCUT2D eigenvalue weighted by Gasteiger charge is 2.18. The SMILES string of the molecule is COc1ccc(C(CC(=O)c2ccc(C)cc2)Nc2ccc(C)c(C)c2)cc1. The highest BCUT2D eigenvalue weighted by Crippen LogP contribution is 2.27. The van der Waals surface area contributed by atoms with Crippen LogP contribution in [0.1, 0.15) is 45.1 Å². The summed E-state index contributed by atoms with van der Waals surface area (Å²) < 4.78 is 5.27. The van der Waals surface area contributed by atoms with E-state index < -0.39 is 0 Å². The van der Waals surface area contributed by atoms with Crippen LogP contribution in [0.5, 0.6) is 5.75 Å². The van der Waals surface area contributed by atoms with E-state index in [1.807, 2.05) is 55.5 Å². The van der Waals surface area contributed by atoms with Crippen LogP contribution >= 0.6 is 0 Å². The van der Waals surface area contributed by atoms with Crippen LogP contribution in [0.15, 0.2) is 66.7 Å². The lowest BCUT2D eigenvalue weighted by atomic mass is 9.96. The van der Waals surface area contributed by atoms with Crippen molar-refractivity contribution in [3.05, 3.63) is 94.5 Å². The van der Waals surface area contributed by atoms with E-state index in [1.54, 1.807) is 7.11 Å². The number of methoxy groups -OCH3 is 1. The van der Waals surface area contributed by atoms with E-state index in [-0.39, 0.29) is 11.8 Å². The van der Waals surface area contributed by atoms with Gasteiger partial charge in [0.2, 0.25) is 0 Å². The number of carbonyl (C=O) groups is 1. The summed E-state index contributed by atoms with van der Waals surface area (Å²) in [6.45, 7) is 6.22. The van der Waals surface area contributed by atoms with Crippen LogP contribution < -0.4 is 10.1 Å². The molecule has 0 aliphatic rings. The van der Waals surface area contributed by atoms with Gasteiger partial charge in [-0.2, -0.15) is 0 Å². The summed E-state index contributed by atoms with van der Waals surface area (Å²) in [4.78, 5) is 12.9. The van der Waals surface area contributed by atoms with E-state index >= 15 is 0 Å². The normalized spacial score (nSPS) is 11.7. The summed E-state index contributed by atoms with van der Waals surface area (Å²) in [5, 5.41) is 3.55. The Kier molecular flexibility index (Phi) is 6.15. The third-order valence-corrected chi connectivity index (χ3v) is 5.13. The predicted molar refractivity (Wildman–Crippen MR) is 115 cm³/mol. The fourth-order valence-electron chi connectivity index (χ4n) is 3.16. The molecule has 0 spiro atoms. The maximum atomic E-state index is 12.9. The Labute approximate surface area is 167 Å². The topological polar surface area (TPSA) is 38.3 Å². The Morgan fingerprint density at radius 3 is 2.18 bits per heavy atom. The lowest BCUT2D eigenvalue weighted by Gasteiger charge is -2.21. The molecule has 28 heavy (non-hydrogen) atoms. The molecule has 0 amide bonds. The van der Waals surface area contributed by atoms with Crippen molar-refractivity contribution in [1.29, 1.82) is 0 Å². The van der Waals surface area contributed by atoms with Gasteiger partial charge in [-0.1, -0.05) is 48.0 Å². The van der Waals surface area contributed by atoms with Gasteiger partial charge in [0.25, 0.3) is 0 Å². The predicted octanol–water partition coefficient (Wildman–Crippen LogP) is 6.05. The molecule has 0 bridgehead atoms. The number of hydrogen-bond acceptors (Lipinski definition) is 3. The molecule has 1 unspecified atom stereocenters. The molecule has 3 rings (SSSR count). The van der Waals surface area contributed by atoms with E-state index in [0.29, 0.717) is 6.42 Å². The molecule has 1 atom stereocenters. The molecule has 0 saturated heterocycles. The Balaban J connectivity index is 1.87. The zero-order valence-corrected chi connectivity index (χ0v) is 17.0. The van der Waals surface area contributed by atoms with Crippen LogP contribution in [0.4, 0.5) is 5.69 Å². The van der Waals surface area contributed by atoms with Gasteiger partial charge in [-0.25, -0.2) is 0 Å². The van der Waals surface area contributed by atoms with E-state index in [2.05, 4.69) is 37.4 Å². The molecular weight excluding hydrogens is 346 g/mol. The van der Waals surface area contributed by atoms with Crippen molar-refractivity contribution < 1.29 is 9.53 Å². The molecule has 0 aliphatic carbocycles. The molecule has 0 radical (unpaired) electrons. The first-order valence-electron chi connectivity index (χ1n) is 9.54. The molecule has 0 fully saturated rings. The van der Waals surface area contributed by atoms with Gasteiger partial charge in [-0.15, -0.1) is 0 Å².